The molecule has 25 heavy (non-hydrogen) atoms. The number of carbonyl (C=O) groups is 1. The molecule has 0 aromatic heterocycles. The molecule has 0 bridgehead atoms. The number of thioether (sulfide) groups is 1. The zero-order chi connectivity index (χ0) is 18.4. The number of carbonyl (C=O) groups excluding carboxylic acids is 1. The molecule has 1 aromatic carbocycles. The van der Waals surface area contributed by atoms with Gasteiger partial charge >= 0.3 is 0 Å². The van der Waals surface area contributed by atoms with Gasteiger partial charge in [0.25, 0.3) is 5.91 Å². The molecule has 1 fully saturated rings. The summed E-state index contributed by atoms with van der Waals surface area (Å²) in [4.78, 5) is 14.5. The van der Waals surface area contributed by atoms with Crippen LogP contribution >= 0.6 is 24.0 Å². The molecule has 6 heteroatoms. The van der Waals surface area contributed by atoms with E-state index in [0.29, 0.717) is 39.8 Å². The van der Waals surface area contributed by atoms with Gasteiger partial charge in [-0.2, -0.15) is 0 Å². The zero-order valence-electron chi connectivity index (χ0n) is 14.8. The van der Waals surface area contributed by atoms with E-state index in [-0.39, 0.29) is 5.91 Å². The lowest BCUT2D eigenvalue weighted by molar-refractivity contribution is -0.121. The third-order valence-electron chi connectivity index (χ3n) is 3.62. The summed E-state index contributed by atoms with van der Waals surface area (Å²) in [6.07, 6.45) is 4.47. The van der Waals surface area contributed by atoms with Gasteiger partial charge in [0, 0.05) is 6.54 Å². The normalized spacial score (nSPS) is 16.0. The second-order valence-corrected chi connectivity index (χ2v) is 7.70. The topological polar surface area (TPSA) is 38.8 Å². The minimum atomic E-state index is -0.0915. The molecule has 0 atom stereocenters. The summed E-state index contributed by atoms with van der Waals surface area (Å²) in [5, 5.41) is 0. The summed E-state index contributed by atoms with van der Waals surface area (Å²) in [7, 11) is 1.61. The first-order valence-corrected chi connectivity index (χ1v) is 9.35. The first kappa shape index (κ1) is 19.5. The van der Waals surface area contributed by atoms with Crippen LogP contribution < -0.4 is 9.47 Å². The van der Waals surface area contributed by atoms with Crippen molar-refractivity contribution in [2.24, 2.45) is 5.92 Å². The molecular formula is C19H23NO3S2. The van der Waals surface area contributed by atoms with Crippen LogP contribution in [-0.4, -0.2) is 35.4 Å². The number of rotatable bonds is 8. The van der Waals surface area contributed by atoms with Crippen molar-refractivity contribution in [1.29, 1.82) is 0 Å². The fourth-order valence-corrected chi connectivity index (χ4v) is 3.51. The Kier molecular flexibility index (Phi) is 7.08. The summed E-state index contributed by atoms with van der Waals surface area (Å²) < 4.78 is 11.8. The van der Waals surface area contributed by atoms with Gasteiger partial charge in [-0.1, -0.05) is 50.0 Å². The molecule has 2 rings (SSSR count). The second-order valence-electron chi connectivity index (χ2n) is 6.02. The van der Waals surface area contributed by atoms with Crippen molar-refractivity contribution in [3.05, 3.63) is 41.3 Å². The van der Waals surface area contributed by atoms with E-state index in [1.165, 1.54) is 11.8 Å². The smallest absolute Gasteiger partial charge is 0.266 e. The first-order valence-electron chi connectivity index (χ1n) is 8.13. The Balaban J connectivity index is 2.16. The molecule has 0 unspecified atom stereocenters. The molecule has 0 radical (unpaired) electrons. The van der Waals surface area contributed by atoms with E-state index < -0.39 is 0 Å². The molecule has 0 aliphatic carbocycles. The molecule has 1 saturated heterocycles. The number of hydrogen-bond acceptors (Lipinski definition) is 5. The summed E-state index contributed by atoms with van der Waals surface area (Å²) in [5.41, 5.74) is 0.868. The molecule has 0 N–H and O–H groups in total. The lowest BCUT2D eigenvalue weighted by atomic mass is 10.1. The molecule has 1 amide bonds. The Morgan fingerprint density at radius 2 is 2.12 bits per heavy atom. The number of thiocarbonyl (C=S) groups is 1. The van der Waals surface area contributed by atoms with Gasteiger partial charge in [-0.3, -0.25) is 9.69 Å². The van der Waals surface area contributed by atoms with E-state index in [1.54, 1.807) is 18.1 Å². The molecule has 1 aliphatic rings. The minimum absolute atomic E-state index is 0.0915. The Morgan fingerprint density at radius 1 is 1.36 bits per heavy atom. The number of benzene rings is 1. The van der Waals surface area contributed by atoms with E-state index in [0.717, 1.165) is 12.0 Å². The van der Waals surface area contributed by atoms with Gasteiger partial charge in [0.15, 0.2) is 11.5 Å². The number of ether oxygens (including phenoxy) is 2. The monoisotopic (exact) mass is 377 g/mol. The molecule has 1 aliphatic heterocycles. The van der Waals surface area contributed by atoms with Gasteiger partial charge in [-0.25, -0.2) is 0 Å². The van der Waals surface area contributed by atoms with Gasteiger partial charge in [-0.15, -0.1) is 6.58 Å². The Bertz CT molecular complexity index is 698. The predicted molar refractivity (Wildman–Crippen MR) is 108 cm³/mol. The Morgan fingerprint density at radius 3 is 2.76 bits per heavy atom. The van der Waals surface area contributed by atoms with Crippen LogP contribution in [0.2, 0.25) is 0 Å². The maximum absolute atomic E-state index is 12.4. The Hall–Kier alpha value is -1.79. The summed E-state index contributed by atoms with van der Waals surface area (Å²) in [6.45, 7) is 9.05. The Labute approximate surface area is 158 Å². The fraction of sp³-hybridized carbons (Fsp3) is 0.368. The van der Waals surface area contributed by atoms with E-state index in [1.807, 2.05) is 24.3 Å². The van der Waals surface area contributed by atoms with E-state index in [9.17, 15) is 4.79 Å². The van der Waals surface area contributed by atoms with E-state index in [2.05, 4.69) is 20.4 Å². The third kappa shape index (κ3) is 5.09. The number of amides is 1. The zero-order valence-corrected chi connectivity index (χ0v) is 16.4. The van der Waals surface area contributed by atoms with Crippen molar-refractivity contribution in [3.8, 4) is 11.5 Å². The summed E-state index contributed by atoms with van der Waals surface area (Å²) in [6, 6.07) is 5.65. The van der Waals surface area contributed by atoms with Gasteiger partial charge in [0.2, 0.25) is 0 Å². The van der Waals surface area contributed by atoms with Gasteiger partial charge in [0.05, 0.1) is 18.6 Å². The number of hydrogen-bond donors (Lipinski definition) is 0. The van der Waals surface area contributed by atoms with Crippen LogP contribution in [0.1, 0.15) is 25.8 Å². The standard InChI is InChI=1S/C19H23NO3S2/c1-5-9-20-18(21)17(25-19(20)24)12-14-6-7-15(16(11-14)22-4)23-10-8-13(2)3/h5-7,11-13H,1,8-10H2,2-4H3/b17-12+. The van der Waals surface area contributed by atoms with Gasteiger partial charge in [0.1, 0.15) is 4.32 Å². The van der Waals surface area contributed by atoms with Crippen molar-refractivity contribution in [2.45, 2.75) is 20.3 Å². The van der Waals surface area contributed by atoms with Crippen LogP contribution in [0.25, 0.3) is 6.08 Å². The SMILES string of the molecule is C=CCN1C(=O)/C(=C\c2ccc(OCCC(C)C)c(OC)c2)SC1=S. The van der Waals surface area contributed by atoms with Crippen molar-refractivity contribution >= 4 is 40.3 Å². The number of methoxy groups -OCH3 is 1. The van der Waals surface area contributed by atoms with Crippen molar-refractivity contribution in [3.63, 3.8) is 0 Å². The quantitative estimate of drug-likeness (QED) is 0.379. The lowest BCUT2D eigenvalue weighted by Crippen LogP contribution is -2.27. The highest BCUT2D eigenvalue weighted by Gasteiger charge is 2.30. The first-order chi connectivity index (χ1) is 12.0. The van der Waals surface area contributed by atoms with Gasteiger partial charge < -0.3 is 9.47 Å². The summed E-state index contributed by atoms with van der Waals surface area (Å²) in [5.74, 6) is 1.85. The largest absolute Gasteiger partial charge is 0.493 e. The van der Waals surface area contributed by atoms with Gasteiger partial charge in [-0.05, 0) is 36.1 Å². The molecule has 1 heterocycles. The maximum Gasteiger partial charge on any atom is 0.266 e. The molecule has 134 valence electrons. The predicted octanol–water partition coefficient (Wildman–Crippen LogP) is 4.51. The summed E-state index contributed by atoms with van der Waals surface area (Å²) >= 11 is 6.55. The van der Waals surface area contributed by atoms with Crippen LogP contribution in [0, 0.1) is 5.92 Å². The van der Waals surface area contributed by atoms with Crippen molar-refractivity contribution < 1.29 is 14.3 Å². The number of nitrogens with zero attached hydrogens (tertiary/aromatic N) is 1. The highest BCUT2D eigenvalue weighted by molar-refractivity contribution is 8.26. The highest BCUT2D eigenvalue weighted by Crippen LogP contribution is 2.34. The van der Waals surface area contributed by atoms with Crippen LogP contribution in [0.3, 0.4) is 0 Å². The molecule has 0 spiro atoms. The minimum Gasteiger partial charge on any atom is -0.493 e. The van der Waals surface area contributed by atoms with Crippen LogP contribution in [0.15, 0.2) is 35.8 Å². The lowest BCUT2D eigenvalue weighted by Gasteiger charge is -2.12. The maximum atomic E-state index is 12.4. The van der Waals surface area contributed by atoms with Crippen molar-refractivity contribution in [2.75, 3.05) is 20.3 Å². The average molecular weight is 378 g/mol. The fourth-order valence-electron chi connectivity index (χ4n) is 2.24. The second kappa shape index (κ2) is 9.06. The molecule has 4 nitrogen and oxygen atoms in total. The van der Waals surface area contributed by atoms with Crippen LogP contribution in [-0.2, 0) is 4.79 Å². The molecule has 0 saturated carbocycles. The van der Waals surface area contributed by atoms with E-state index >= 15 is 0 Å². The van der Waals surface area contributed by atoms with E-state index in [4.69, 9.17) is 21.7 Å². The third-order valence-corrected chi connectivity index (χ3v) is 5.00. The highest BCUT2D eigenvalue weighted by atomic mass is 32.2. The molecular weight excluding hydrogens is 354 g/mol. The van der Waals surface area contributed by atoms with Crippen LogP contribution in [0.4, 0.5) is 0 Å². The van der Waals surface area contributed by atoms with Crippen LogP contribution in [0.5, 0.6) is 11.5 Å². The average Bonchev–Trinajstić information content (AvgIpc) is 2.83. The molecule has 1 aromatic rings. The van der Waals surface area contributed by atoms with Crippen molar-refractivity contribution in [1.82, 2.24) is 4.90 Å².